The SMILES string of the molecule is c1ccc(-c2nc(-c3ccccc3)nc(-c3ccc(-c4ccccn4)c(-c4ccc5c(c4)c4ccccc4n5-c4ccccc4)c3-c3ccc4c(c3)c3ccccc3n4-c3ccccc3)n2)cc1. The largest absolute Gasteiger partial charge is 0.309 e. The lowest BCUT2D eigenvalue weighted by Crippen LogP contribution is -2.03. The van der Waals surface area contributed by atoms with Crippen LogP contribution in [0.1, 0.15) is 0 Å². The summed E-state index contributed by atoms with van der Waals surface area (Å²) in [7, 11) is 0. The lowest BCUT2D eigenvalue weighted by molar-refractivity contribution is 1.07. The maximum atomic E-state index is 5.36. The van der Waals surface area contributed by atoms with Crippen LogP contribution in [0.15, 0.2) is 243 Å². The van der Waals surface area contributed by atoms with Crippen LogP contribution in [-0.2, 0) is 0 Å². The van der Waals surface area contributed by atoms with Gasteiger partial charge in [-0.3, -0.25) is 4.98 Å². The maximum absolute atomic E-state index is 5.36. The van der Waals surface area contributed by atoms with Crippen molar-refractivity contribution >= 4 is 43.6 Å². The predicted molar refractivity (Wildman–Crippen MR) is 279 cm³/mol. The number of hydrogen-bond donors (Lipinski definition) is 0. The molecule has 0 aliphatic carbocycles. The number of aromatic nitrogens is 6. The topological polar surface area (TPSA) is 61.4 Å². The first-order valence-electron chi connectivity index (χ1n) is 22.9. The molecule has 9 aromatic carbocycles. The van der Waals surface area contributed by atoms with E-state index < -0.39 is 0 Å². The molecule has 6 nitrogen and oxygen atoms in total. The fourth-order valence-corrected chi connectivity index (χ4v) is 10.0. The van der Waals surface area contributed by atoms with Gasteiger partial charge in [-0.1, -0.05) is 158 Å². The molecule has 0 radical (unpaired) electrons. The molecule has 0 aliphatic rings. The van der Waals surface area contributed by atoms with Crippen molar-refractivity contribution in [2.45, 2.75) is 0 Å². The van der Waals surface area contributed by atoms with Crippen LogP contribution in [0.25, 0.3) is 123 Å². The summed E-state index contributed by atoms with van der Waals surface area (Å²) in [5.74, 6) is 1.79. The van der Waals surface area contributed by atoms with Crippen LogP contribution < -0.4 is 0 Å². The third-order valence-electron chi connectivity index (χ3n) is 13.0. The Morgan fingerprint density at radius 1 is 0.279 bits per heavy atom. The molecule has 0 unspecified atom stereocenters. The van der Waals surface area contributed by atoms with E-state index in [1.165, 1.54) is 10.8 Å². The summed E-state index contributed by atoms with van der Waals surface area (Å²) in [6.07, 6.45) is 1.87. The molecule has 0 saturated carbocycles. The molecule has 0 spiro atoms. The molecule has 6 heteroatoms. The number of para-hydroxylation sites is 4. The number of hydrogen-bond acceptors (Lipinski definition) is 4. The van der Waals surface area contributed by atoms with Gasteiger partial charge in [-0.25, -0.2) is 15.0 Å². The molecule has 0 bridgehead atoms. The molecular formula is C62H40N6. The van der Waals surface area contributed by atoms with Gasteiger partial charge in [0.1, 0.15) is 0 Å². The van der Waals surface area contributed by atoms with Gasteiger partial charge in [-0.05, 0) is 95.6 Å². The quantitative estimate of drug-likeness (QED) is 0.153. The van der Waals surface area contributed by atoms with Crippen LogP contribution in [0, 0.1) is 0 Å². The smallest absolute Gasteiger partial charge is 0.164 e. The van der Waals surface area contributed by atoms with E-state index in [2.05, 4.69) is 203 Å². The molecule has 68 heavy (non-hydrogen) atoms. The van der Waals surface area contributed by atoms with Crippen molar-refractivity contribution in [2.75, 3.05) is 0 Å². The van der Waals surface area contributed by atoms with Crippen molar-refractivity contribution in [2.24, 2.45) is 0 Å². The fraction of sp³-hybridized carbons (Fsp3) is 0. The molecular weight excluding hydrogens is 829 g/mol. The highest BCUT2D eigenvalue weighted by molar-refractivity contribution is 6.14. The average molecular weight is 869 g/mol. The number of rotatable bonds is 8. The summed E-state index contributed by atoms with van der Waals surface area (Å²) in [4.78, 5) is 20.8. The van der Waals surface area contributed by atoms with E-state index in [-0.39, 0.29) is 0 Å². The summed E-state index contributed by atoms with van der Waals surface area (Å²) in [5.41, 5.74) is 15.5. The van der Waals surface area contributed by atoms with Gasteiger partial charge in [0, 0.05) is 66.9 Å². The van der Waals surface area contributed by atoms with Gasteiger partial charge in [0.2, 0.25) is 0 Å². The maximum Gasteiger partial charge on any atom is 0.164 e. The molecule has 0 N–H and O–H groups in total. The van der Waals surface area contributed by atoms with Gasteiger partial charge in [-0.15, -0.1) is 0 Å². The van der Waals surface area contributed by atoms with Gasteiger partial charge in [-0.2, -0.15) is 0 Å². The number of pyridine rings is 1. The van der Waals surface area contributed by atoms with E-state index >= 15 is 0 Å². The van der Waals surface area contributed by atoms with Crippen molar-refractivity contribution in [3.63, 3.8) is 0 Å². The Morgan fingerprint density at radius 3 is 1.19 bits per heavy atom. The second-order valence-corrected chi connectivity index (χ2v) is 17.0. The van der Waals surface area contributed by atoms with E-state index in [4.69, 9.17) is 19.9 Å². The van der Waals surface area contributed by atoms with Crippen LogP contribution >= 0.6 is 0 Å². The van der Waals surface area contributed by atoms with Crippen molar-refractivity contribution in [1.29, 1.82) is 0 Å². The number of fused-ring (bicyclic) bond motifs is 6. The molecule has 13 rings (SSSR count). The standard InChI is InChI=1S/C62H40N6/c1-5-19-41(20-6-1)60-64-61(42-21-7-2-8-22-42)66-62(65-60)50-35-34-49(53-29-17-18-38-63-53)58(43-32-36-56-51(39-43)47-27-13-15-30-54(47)67(56)45-23-9-3-10-24-45)59(50)44-33-37-57-52(40-44)48-28-14-16-31-55(48)68(57)46-25-11-4-12-26-46/h1-40H. The van der Waals surface area contributed by atoms with E-state index in [1.54, 1.807) is 0 Å². The molecule has 13 aromatic rings. The Hall–Kier alpha value is -9.26. The summed E-state index contributed by atoms with van der Waals surface area (Å²) >= 11 is 0. The van der Waals surface area contributed by atoms with Crippen molar-refractivity contribution in [3.8, 4) is 79.0 Å². The molecule has 4 aromatic heterocycles. The minimum atomic E-state index is 0.579. The van der Waals surface area contributed by atoms with Gasteiger partial charge in [0.25, 0.3) is 0 Å². The molecule has 0 saturated heterocycles. The third-order valence-corrected chi connectivity index (χ3v) is 13.0. The monoisotopic (exact) mass is 868 g/mol. The Bertz CT molecular complexity index is 3940. The summed E-state index contributed by atoms with van der Waals surface area (Å²) in [5, 5.41) is 4.65. The molecule has 0 aliphatic heterocycles. The second-order valence-electron chi connectivity index (χ2n) is 17.0. The summed E-state index contributed by atoms with van der Waals surface area (Å²) in [6, 6.07) is 83.3. The van der Waals surface area contributed by atoms with Crippen LogP contribution in [-0.4, -0.2) is 29.1 Å². The minimum Gasteiger partial charge on any atom is -0.309 e. The zero-order valence-electron chi connectivity index (χ0n) is 36.8. The lowest BCUT2D eigenvalue weighted by Gasteiger charge is -2.20. The predicted octanol–water partition coefficient (Wildman–Crippen LogP) is 15.5. The van der Waals surface area contributed by atoms with Gasteiger partial charge in [0.05, 0.1) is 27.8 Å². The van der Waals surface area contributed by atoms with Crippen LogP contribution in [0.5, 0.6) is 0 Å². The van der Waals surface area contributed by atoms with Gasteiger partial charge >= 0.3 is 0 Å². The van der Waals surface area contributed by atoms with Crippen LogP contribution in [0.2, 0.25) is 0 Å². The number of nitrogens with zero attached hydrogens (tertiary/aromatic N) is 6. The van der Waals surface area contributed by atoms with Crippen molar-refractivity contribution in [1.82, 2.24) is 29.1 Å². The molecule has 0 fully saturated rings. The number of benzene rings is 9. The summed E-state index contributed by atoms with van der Waals surface area (Å²) in [6.45, 7) is 0. The Kier molecular flexibility index (Phi) is 9.39. The highest BCUT2D eigenvalue weighted by Crippen LogP contribution is 2.48. The summed E-state index contributed by atoms with van der Waals surface area (Å²) < 4.78 is 4.73. The highest BCUT2D eigenvalue weighted by atomic mass is 15.0. The molecule has 0 amide bonds. The van der Waals surface area contributed by atoms with Crippen molar-refractivity contribution < 1.29 is 0 Å². The van der Waals surface area contributed by atoms with E-state index in [0.29, 0.717) is 17.5 Å². The van der Waals surface area contributed by atoms with Gasteiger partial charge < -0.3 is 9.13 Å². The second kappa shape index (κ2) is 16.3. The zero-order valence-corrected chi connectivity index (χ0v) is 36.8. The van der Waals surface area contributed by atoms with E-state index in [0.717, 1.165) is 94.4 Å². The first-order valence-corrected chi connectivity index (χ1v) is 22.9. The minimum absolute atomic E-state index is 0.579. The zero-order chi connectivity index (χ0) is 45.0. The molecule has 318 valence electrons. The Morgan fingerprint density at radius 2 is 0.691 bits per heavy atom. The van der Waals surface area contributed by atoms with E-state index in [1.807, 2.05) is 48.7 Å². The van der Waals surface area contributed by atoms with E-state index in [9.17, 15) is 0 Å². The average Bonchev–Trinajstić information content (AvgIpc) is 3.94. The fourth-order valence-electron chi connectivity index (χ4n) is 10.0. The molecule has 4 heterocycles. The molecule has 0 atom stereocenters. The van der Waals surface area contributed by atoms with Crippen LogP contribution in [0.3, 0.4) is 0 Å². The normalized spacial score (nSPS) is 11.5. The Labute approximate surface area is 392 Å². The van der Waals surface area contributed by atoms with Crippen LogP contribution in [0.4, 0.5) is 0 Å². The lowest BCUT2D eigenvalue weighted by atomic mass is 9.84. The third kappa shape index (κ3) is 6.58. The van der Waals surface area contributed by atoms with Gasteiger partial charge in [0.15, 0.2) is 17.5 Å². The first kappa shape index (κ1) is 39.1. The highest BCUT2D eigenvalue weighted by Gasteiger charge is 2.25. The Balaban J connectivity index is 1.16. The first-order chi connectivity index (χ1) is 33.7. The van der Waals surface area contributed by atoms with Crippen molar-refractivity contribution in [3.05, 3.63) is 243 Å².